The van der Waals surface area contributed by atoms with E-state index < -0.39 is 0 Å². The molecule has 0 radical (unpaired) electrons. The van der Waals surface area contributed by atoms with Crippen LogP contribution in [0.3, 0.4) is 0 Å². The molecule has 0 saturated carbocycles. The Morgan fingerprint density at radius 1 is 1.20 bits per heavy atom. The zero-order chi connectivity index (χ0) is 10.4. The van der Waals surface area contributed by atoms with Gasteiger partial charge in [-0.1, -0.05) is 12.2 Å². The summed E-state index contributed by atoms with van der Waals surface area (Å²) in [5, 5.41) is 0. The Labute approximate surface area is 87.9 Å². The molecule has 80 valence electrons. The van der Waals surface area contributed by atoms with Gasteiger partial charge in [-0.3, -0.25) is 14.5 Å². The SMILES string of the molecule is O=C1C2CC=CCC2C(=O)N1CC1CO1. The third-order valence-electron chi connectivity index (χ3n) is 3.39. The number of carbonyl (C=O) groups excluding carboxylic acids is 2. The van der Waals surface area contributed by atoms with Crippen LogP contribution in [0.15, 0.2) is 12.2 Å². The van der Waals surface area contributed by atoms with E-state index >= 15 is 0 Å². The molecule has 3 unspecified atom stereocenters. The first kappa shape index (κ1) is 9.09. The maximum absolute atomic E-state index is 11.9. The normalized spacial score (nSPS) is 38.4. The number of nitrogens with zero attached hydrogens (tertiary/aromatic N) is 1. The van der Waals surface area contributed by atoms with Gasteiger partial charge in [0.1, 0.15) is 0 Å². The molecular formula is C11H13NO3. The van der Waals surface area contributed by atoms with Gasteiger partial charge in [-0.2, -0.15) is 0 Å². The summed E-state index contributed by atoms with van der Waals surface area (Å²) in [6.45, 7) is 1.15. The number of imide groups is 1. The maximum atomic E-state index is 11.9. The average Bonchev–Trinajstić information content (AvgIpc) is 3.04. The minimum absolute atomic E-state index is 0.00449. The summed E-state index contributed by atoms with van der Waals surface area (Å²) < 4.78 is 5.06. The molecule has 2 aliphatic heterocycles. The lowest BCUT2D eigenvalue weighted by Crippen LogP contribution is -2.34. The van der Waals surface area contributed by atoms with Gasteiger partial charge in [0.15, 0.2) is 0 Å². The zero-order valence-corrected chi connectivity index (χ0v) is 8.39. The van der Waals surface area contributed by atoms with Crippen molar-refractivity contribution < 1.29 is 14.3 Å². The molecular weight excluding hydrogens is 194 g/mol. The molecule has 3 rings (SSSR count). The lowest BCUT2D eigenvalue weighted by Gasteiger charge is -2.14. The fourth-order valence-corrected chi connectivity index (χ4v) is 2.43. The summed E-state index contributed by atoms with van der Waals surface area (Å²) in [5.41, 5.74) is 0. The van der Waals surface area contributed by atoms with Crippen LogP contribution in [-0.4, -0.2) is 36.0 Å². The van der Waals surface area contributed by atoms with Crippen molar-refractivity contribution in [2.75, 3.05) is 13.2 Å². The molecule has 0 N–H and O–H groups in total. The van der Waals surface area contributed by atoms with Crippen LogP contribution in [0.2, 0.25) is 0 Å². The molecule has 2 fully saturated rings. The second-order valence-electron chi connectivity index (χ2n) is 4.40. The van der Waals surface area contributed by atoms with Gasteiger partial charge in [0, 0.05) is 0 Å². The Morgan fingerprint density at radius 2 is 1.73 bits per heavy atom. The highest BCUT2D eigenvalue weighted by atomic mass is 16.6. The van der Waals surface area contributed by atoms with E-state index in [9.17, 15) is 9.59 Å². The van der Waals surface area contributed by atoms with Crippen molar-refractivity contribution in [3.63, 3.8) is 0 Å². The summed E-state index contributed by atoms with van der Waals surface area (Å²) in [6.07, 6.45) is 5.55. The van der Waals surface area contributed by atoms with Crippen molar-refractivity contribution >= 4 is 11.8 Å². The van der Waals surface area contributed by atoms with E-state index in [-0.39, 0.29) is 29.8 Å². The van der Waals surface area contributed by atoms with E-state index in [1.807, 2.05) is 12.2 Å². The summed E-state index contributed by atoms with van der Waals surface area (Å²) >= 11 is 0. The molecule has 15 heavy (non-hydrogen) atoms. The molecule has 0 bridgehead atoms. The Morgan fingerprint density at radius 3 is 2.20 bits per heavy atom. The van der Waals surface area contributed by atoms with Gasteiger partial charge in [-0.05, 0) is 12.8 Å². The first-order valence-electron chi connectivity index (χ1n) is 5.39. The highest BCUT2D eigenvalue weighted by molar-refractivity contribution is 6.05. The third kappa shape index (κ3) is 1.40. The second kappa shape index (κ2) is 3.17. The Bertz CT molecular complexity index is 320. The smallest absolute Gasteiger partial charge is 0.233 e. The third-order valence-corrected chi connectivity index (χ3v) is 3.39. The summed E-state index contributed by atoms with van der Waals surface area (Å²) in [4.78, 5) is 25.3. The predicted octanol–water partition coefficient (Wildman–Crippen LogP) is 0.336. The highest BCUT2D eigenvalue weighted by Gasteiger charge is 2.48. The van der Waals surface area contributed by atoms with E-state index in [4.69, 9.17) is 4.74 Å². The van der Waals surface area contributed by atoms with Gasteiger partial charge >= 0.3 is 0 Å². The first-order chi connectivity index (χ1) is 7.27. The number of likely N-dealkylation sites (tertiary alicyclic amines) is 1. The molecule has 0 aromatic heterocycles. The molecule has 1 aliphatic carbocycles. The fourth-order valence-electron chi connectivity index (χ4n) is 2.43. The molecule has 0 aromatic carbocycles. The number of ether oxygens (including phenoxy) is 1. The van der Waals surface area contributed by atoms with Crippen LogP contribution in [0, 0.1) is 11.8 Å². The number of fused-ring (bicyclic) bond motifs is 1. The lowest BCUT2D eigenvalue weighted by molar-refractivity contribution is -0.140. The van der Waals surface area contributed by atoms with E-state index in [1.165, 1.54) is 4.90 Å². The van der Waals surface area contributed by atoms with Crippen molar-refractivity contribution in [2.45, 2.75) is 18.9 Å². The number of carbonyl (C=O) groups is 2. The van der Waals surface area contributed by atoms with Crippen LogP contribution >= 0.6 is 0 Å². The maximum Gasteiger partial charge on any atom is 0.233 e. The van der Waals surface area contributed by atoms with Gasteiger partial charge < -0.3 is 4.74 Å². The van der Waals surface area contributed by atoms with Gasteiger partial charge in [-0.25, -0.2) is 0 Å². The molecule has 2 amide bonds. The van der Waals surface area contributed by atoms with E-state index in [1.54, 1.807) is 0 Å². The van der Waals surface area contributed by atoms with Crippen LogP contribution in [0.1, 0.15) is 12.8 Å². The van der Waals surface area contributed by atoms with Gasteiger partial charge in [0.25, 0.3) is 0 Å². The minimum Gasteiger partial charge on any atom is -0.371 e. The van der Waals surface area contributed by atoms with Gasteiger partial charge in [-0.15, -0.1) is 0 Å². The number of rotatable bonds is 2. The molecule has 2 heterocycles. The Kier molecular flexibility index (Phi) is 1.92. The quantitative estimate of drug-likeness (QED) is 0.372. The lowest BCUT2D eigenvalue weighted by atomic mass is 9.85. The summed E-state index contributed by atoms with van der Waals surface area (Å²) in [7, 11) is 0. The minimum atomic E-state index is -0.0961. The van der Waals surface area contributed by atoms with Crippen LogP contribution in [-0.2, 0) is 14.3 Å². The molecule has 4 nitrogen and oxygen atoms in total. The average molecular weight is 207 g/mol. The molecule has 3 atom stereocenters. The van der Waals surface area contributed by atoms with Crippen LogP contribution in [0.5, 0.6) is 0 Å². The van der Waals surface area contributed by atoms with Crippen LogP contribution in [0.4, 0.5) is 0 Å². The Hall–Kier alpha value is -1.16. The highest BCUT2D eigenvalue weighted by Crippen LogP contribution is 2.35. The molecule has 4 heteroatoms. The topological polar surface area (TPSA) is 49.9 Å². The molecule has 2 saturated heterocycles. The van der Waals surface area contributed by atoms with E-state index in [2.05, 4.69) is 0 Å². The van der Waals surface area contributed by atoms with Crippen molar-refractivity contribution in [3.05, 3.63) is 12.2 Å². The van der Waals surface area contributed by atoms with Gasteiger partial charge in [0.05, 0.1) is 31.1 Å². The summed E-state index contributed by atoms with van der Waals surface area (Å²) in [5.74, 6) is -0.183. The van der Waals surface area contributed by atoms with Crippen molar-refractivity contribution in [1.29, 1.82) is 0 Å². The molecule has 3 aliphatic rings. The van der Waals surface area contributed by atoms with Crippen LogP contribution in [0.25, 0.3) is 0 Å². The summed E-state index contributed by atoms with van der Waals surface area (Å²) in [6, 6.07) is 0. The zero-order valence-electron chi connectivity index (χ0n) is 8.39. The number of hydrogen-bond acceptors (Lipinski definition) is 3. The van der Waals surface area contributed by atoms with Crippen LogP contribution < -0.4 is 0 Å². The van der Waals surface area contributed by atoms with Crippen molar-refractivity contribution in [3.8, 4) is 0 Å². The number of epoxide rings is 1. The largest absolute Gasteiger partial charge is 0.371 e. The second-order valence-corrected chi connectivity index (χ2v) is 4.40. The van der Waals surface area contributed by atoms with Crippen molar-refractivity contribution in [1.82, 2.24) is 4.90 Å². The molecule has 0 aromatic rings. The standard InChI is InChI=1S/C11H13NO3/c13-10-8-3-1-2-4-9(8)11(14)12(10)5-7-6-15-7/h1-2,7-9H,3-6H2. The van der Waals surface area contributed by atoms with Crippen molar-refractivity contribution in [2.24, 2.45) is 11.8 Å². The number of allylic oxidation sites excluding steroid dienone is 2. The number of hydrogen-bond donors (Lipinski definition) is 0. The Balaban J connectivity index is 1.80. The van der Waals surface area contributed by atoms with E-state index in [0.717, 1.165) is 12.8 Å². The monoisotopic (exact) mass is 207 g/mol. The van der Waals surface area contributed by atoms with Gasteiger partial charge in [0.2, 0.25) is 11.8 Å². The fraction of sp³-hybridized carbons (Fsp3) is 0.636. The number of amides is 2. The first-order valence-corrected chi connectivity index (χ1v) is 5.39. The van der Waals surface area contributed by atoms with E-state index in [0.29, 0.717) is 13.2 Å². The molecule has 0 spiro atoms. The predicted molar refractivity (Wildman–Crippen MR) is 51.8 cm³/mol.